The smallest absolute Gasteiger partial charge is 0.322 e. The molecule has 6 heteroatoms. The van der Waals surface area contributed by atoms with E-state index < -0.39 is 0 Å². The first-order valence-corrected chi connectivity index (χ1v) is 11.7. The third-order valence-electron chi connectivity index (χ3n) is 6.90. The number of para-hydroxylation sites is 2. The number of ether oxygens (including phenoxy) is 1. The summed E-state index contributed by atoms with van der Waals surface area (Å²) in [6, 6.07) is 8.42. The molecule has 2 atom stereocenters. The summed E-state index contributed by atoms with van der Waals surface area (Å²) in [4.78, 5) is 20.3. The Bertz CT molecular complexity index is 700. The summed E-state index contributed by atoms with van der Waals surface area (Å²) in [7, 11) is 0. The van der Waals surface area contributed by atoms with E-state index in [4.69, 9.17) is 4.74 Å². The zero-order valence-corrected chi connectivity index (χ0v) is 19.5. The van der Waals surface area contributed by atoms with Crippen molar-refractivity contribution in [2.24, 2.45) is 5.41 Å². The van der Waals surface area contributed by atoms with Crippen LogP contribution in [0.5, 0.6) is 0 Å². The molecule has 30 heavy (non-hydrogen) atoms. The summed E-state index contributed by atoms with van der Waals surface area (Å²) in [5.74, 6) is 0. The van der Waals surface area contributed by atoms with Gasteiger partial charge in [0, 0.05) is 50.8 Å². The van der Waals surface area contributed by atoms with Gasteiger partial charge in [0.1, 0.15) is 0 Å². The SMILES string of the molecule is CCCN(C(=O)Nc1ccccc1N1CCN(CC)CC1)[C@H]1C[C@H](OCC)C1(C)C. The number of urea groups is 1. The van der Waals surface area contributed by atoms with Gasteiger partial charge >= 0.3 is 6.03 Å². The van der Waals surface area contributed by atoms with Gasteiger partial charge in [0.05, 0.1) is 17.5 Å². The van der Waals surface area contributed by atoms with Crippen molar-refractivity contribution in [3.63, 3.8) is 0 Å². The van der Waals surface area contributed by atoms with Crippen LogP contribution in [0.25, 0.3) is 0 Å². The van der Waals surface area contributed by atoms with Crippen LogP contribution >= 0.6 is 0 Å². The lowest BCUT2D eigenvalue weighted by Crippen LogP contribution is -2.64. The first kappa shape index (κ1) is 22.9. The maximum atomic E-state index is 13.4. The number of nitrogens with zero attached hydrogens (tertiary/aromatic N) is 3. The molecular formula is C24H40N4O2. The van der Waals surface area contributed by atoms with Crippen molar-refractivity contribution < 1.29 is 9.53 Å². The minimum atomic E-state index is -0.0292. The first-order valence-electron chi connectivity index (χ1n) is 11.7. The van der Waals surface area contributed by atoms with Gasteiger partial charge < -0.3 is 24.8 Å². The molecule has 1 aromatic rings. The highest BCUT2D eigenvalue weighted by Crippen LogP contribution is 2.46. The number of amides is 2. The molecule has 2 amide bonds. The molecular weight excluding hydrogens is 376 g/mol. The van der Waals surface area contributed by atoms with Crippen molar-refractivity contribution in [1.82, 2.24) is 9.80 Å². The van der Waals surface area contributed by atoms with E-state index in [2.05, 4.69) is 54.9 Å². The highest BCUT2D eigenvalue weighted by molar-refractivity contribution is 5.93. The number of carbonyl (C=O) groups is 1. The highest BCUT2D eigenvalue weighted by atomic mass is 16.5. The molecule has 1 aromatic carbocycles. The predicted octanol–water partition coefficient (Wildman–Crippen LogP) is 4.28. The number of piperazine rings is 1. The van der Waals surface area contributed by atoms with Crippen LogP contribution in [0.2, 0.25) is 0 Å². The van der Waals surface area contributed by atoms with E-state index in [1.807, 2.05) is 24.0 Å². The molecule has 0 unspecified atom stereocenters. The van der Waals surface area contributed by atoms with Crippen molar-refractivity contribution in [3.8, 4) is 0 Å². The first-order chi connectivity index (χ1) is 14.4. The predicted molar refractivity (Wildman–Crippen MR) is 124 cm³/mol. The number of benzene rings is 1. The third kappa shape index (κ3) is 4.75. The molecule has 1 saturated carbocycles. The molecule has 1 N–H and O–H groups in total. The molecule has 0 spiro atoms. The molecule has 2 aliphatic rings. The van der Waals surface area contributed by atoms with Gasteiger partial charge in [-0.05, 0) is 38.4 Å². The fraction of sp³-hybridized carbons (Fsp3) is 0.708. The molecule has 1 aliphatic heterocycles. The van der Waals surface area contributed by atoms with Crippen LogP contribution in [-0.4, -0.2) is 73.9 Å². The second-order valence-corrected chi connectivity index (χ2v) is 9.08. The number of carbonyl (C=O) groups excluding carboxylic acids is 1. The van der Waals surface area contributed by atoms with Crippen molar-refractivity contribution in [2.45, 2.75) is 59.6 Å². The number of rotatable bonds is 8. The van der Waals surface area contributed by atoms with E-state index in [-0.39, 0.29) is 23.6 Å². The van der Waals surface area contributed by atoms with Gasteiger partial charge in [0.15, 0.2) is 0 Å². The average molecular weight is 417 g/mol. The van der Waals surface area contributed by atoms with Crippen molar-refractivity contribution in [2.75, 3.05) is 56.1 Å². The zero-order chi connectivity index (χ0) is 21.7. The monoisotopic (exact) mass is 416 g/mol. The zero-order valence-electron chi connectivity index (χ0n) is 19.5. The minimum absolute atomic E-state index is 0.00418. The van der Waals surface area contributed by atoms with Gasteiger partial charge in [-0.3, -0.25) is 0 Å². The van der Waals surface area contributed by atoms with Crippen LogP contribution in [0.15, 0.2) is 24.3 Å². The second kappa shape index (κ2) is 10.0. The van der Waals surface area contributed by atoms with Crippen molar-refractivity contribution in [3.05, 3.63) is 24.3 Å². The van der Waals surface area contributed by atoms with E-state index in [9.17, 15) is 4.79 Å². The van der Waals surface area contributed by atoms with Crippen LogP contribution in [0, 0.1) is 5.41 Å². The molecule has 3 rings (SSSR count). The van der Waals surface area contributed by atoms with Gasteiger partial charge in [0.2, 0.25) is 0 Å². The molecule has 0 aromatic heterocycles. The van der Waals surface area contributed by atoms with Gasteiger partial charge in [-0.2, -0.15) is 0 Å². The number of hydrogen-bond donors (Lipinski definition) is 1. The van der Waals surface area contributed by atoms with Gasteiger partial charge in [0.25, 0.3) is 0 Å². The summed E-state index contributed by atoms with van der Waals surface area (Å²) < 4.78 is 5.90. The van der Waals surface area contributed by atoms with Gasteiger partial charge in [-0.15, -0.1) is 0 Å². The van der Waals surface area contributed by atoms with Crippen LogP contribution in [0.4, 0.5) is 16.2 Å². The number of hydrogen-bond acceptors (Lipinski definition) is 4. The Balaban J connectivity index is 1.71. The fourth-order valence-electron chi connectivity index (χ4n) is 4.86. The maximum Gasteiger partial charge on any atom is 0.322 e. The normalized spacial score (nSPS) is 23.7. The number of nitrogens with one attached hydrogen (secondary N) is 1. The van der Waals surface area contributed by atoms with Crippen LogP contribution in [0.3, 0.4) is 0 Å². The lowest BCUT2D eigenvalue weighted by Gasteiger charge is -2.55. The van der Waals surface area contributed by atoms with E-state index in [0.29, 0.717) is 0 Å². The minimum Gasteiger partial charge on any atom is -0.378 e. The largest absolute Gasteiger partial charge is 0.378 e. The number of anilines is 2. The molecule has 1 heterocycles. The summed E-state index contributed by atoms with van der Waals surface area (Å²) in [6.07, 6.45) is 2.08. The second-order valence-electron chi connectivity index (χ2n) is 9.08. The summed E-state index contributed by atoms with van der Waals surface area (Å²) in [6.45, 7) is 17.5. The van der Waals surface area contributed by atoms with Gasteiger partial charge in [-0.25, -0.2) is 4.79 Å². The molecule has 6 nitrogen and oxygen atoms in total. The van der Waals surface area contributed by atoms with Gasteiger partial charge in [-0.1, -0.05) is 39.8 Å². The Labute approximate surface area is 182 Å². The Morgan fingerprint density at radius 1 is 1.17 bits per heavy atom. The van der Waals surface area contributed by atoms with Crippen molar-refractivity contribution >= 4 is 17.4 Å². The van der Waals surface area contributed by atoms with Crippen molar-refractivity contribution in [1.29, 1.82) is 0 Å². The molecule has 0 bridgehead atoms. The van der Waals surface area contributed by atoms with Crippen LogP contribution in [0.1, 0.15) is 47.5 Å². The topological polar surface area (TPSA) is 48.1 Å². The van der Waals surface area contributed by atoms with Crippen LogP contribution < -0.4 is 10.2 Å². The number of likely N-dealkylation sites (N-methyl/N-ethyl adjacent to an activating group) is 1. The fourth-order valence-corrected chi connectivity index (χ4v) is 4.86. The highest BCUT2D eigenvalue weighted by Gasteiger charge is 2.52. The summed E-state index contributed by atoms with van der Waals surface area (Å²) in [5, 5.41) is 3.24. The summed E-state index contributed by atoms with van der Waals surface area (Å²) >= 11 is 0. The average Bonchev–Trinajstić information content (AvgIpc) is 2.75. The Kier molecular flexibility index (Phi) is 7.64. The maximum absolute atomic E-state index is 13.4. The standard InChI is InChI=1S/C24H40N4O2/c1-6-13-28(21-18-22(30-8-3)24(21,4)5)23(29)25-19-11-9-10-12-20(19)27-16-14-26(7-2)15-17-27/h9-12,21-22H,6-8,13-18H2,1-5H3,(H,25,29)/t21-,22-/m0/s1. The summed E-state index contributed by atoms with van der Waals surface area (Å²) in [5.41, 5.74) is 2.00. The van der Waals surface area contributed by atoms with Crippen LogP contribution in [-0.2, 0) is 4.74 Å². The third-order valence-corrected chi connectivity index (χ3v) is 6.90. The molecule has 0 radical (unpaired) electrons. The van der Waals surface area contributed by atoms with E-state index in [1.54, 1.807) is 0 Å². The molecule has 1 saturated heterocycles. The van der Waals surface area contributed by atoms with E-state index in [0.717, 1.165) is 70.1 Å². The molecule has 168 valence electrons. The lowest BCUT2D eigenvalue weighted by molar-refractivity contribution is -0.138. The van der Waals surface area contributed by atoms with E-state index in [1.165, 1.54) is 0 Å². The quantitative estimate of drug-likeness (QED) is 0.687. The Morgan fingerprint density at radius 3 is 2.47 bits per heavy atom. The molecule has 2 fully saturated rings. The Hall–Kier alpha value is -1.79. The molecule has 1 aliphatic carbocycles. The Morgan fingerprint density at radius 2 is 1.87 bits per heavy atom. The van der Waals surface area contributed by atoms with E-state index >= 15 is 0 Å². The lowest BCUT2D eigenvalue weighted by atomic mass is 9.63.